The average Bonchev–Trinajstić information content (AvgIpc) is 3.27. The molecule has 0 aliphatic carbocycles. The van der Waals surface area contributed by atoms with Gasteiger partial charge in [0.2, 0.25) is 10.0 Å². The van der Waals surface area contributed by atoms with Crippen molar-refractivity contribution in [2.24, 2.45) is 0 Å². The first-order chi connectivity index (χ1) is 15.4. The van der Waals surface area contributed by atoms with E-state index in [9.17, 15) is 13.2 Å². The molecular weight excluding hydrogens is 446 g/mol. The summed E-state index contributed by atoms with van der Waals surface area (Å²) in [5, 5.41) is 5.04. The van der Waals surface area contributed by atoms with E-state index in [-0.39, 0.29) is 23.9 Å². The summed E-state index contributed by atoms with van der Waals surface area (Å²) in [4.78, 5) is 17.1. The van der Waals surface area contributed by atoms with Crippen molar-refractivity contribution in [2.75, 3.05) is 25.5 Å². The van der Waals surface area contributed by atoms with Gasteiger partial charge >= 0.3 is 0 Å². The minimum Gasteiger partial charge on any atom is -0.497 e. The number of amides is 1. The summed E-state index contributed by atoms with van der Waals surface area (Å²) in [7, 11) is -2.12. The molecule has 7 nitrogen and oxygen atoms in total. The first-order valence-corrected chi connectivity index (χ1v) is 11.9. The molecule has 0 saturated heterocycles. The Morgan fingerprint density at radius 3 is 2.28 bits per heavy atom. The third-order valence-corrected chi connectivity index (χ3v) is 7.13. The SMILES string of the molecule is C=CCN(CC=C)S(=O)(=O)c1ccc(C(=O)Nc2nc(-c3ccc(OC)cc3)cs2)cc1. The van der Waals surface area contributed by atoms with Crippen molar-refractivity contribution in [2.45, 2.75) is 4.90 Å². The van der Waals surface area contributed by atoms with E-state index in [1.807, 2.05) is 29.6 Å². The second kappa shape index (κ2) is 10.4. The molecule has 3 aromatic rings. The van der Waals surface area contributed by atoms with Crippen LogP contribution in [0.2, 0.25) is 0 Å². The number of hydrogen-bond acceptors (Lipinski definition) is 6. The quantitative estimate of drug-likeness (QED) is 0.444. The van der Waals surface area contributed by atoms with Gasteiger partial charge in [0.15, 0.2) is 5.13 Å². The van der Waals surface area contributed by atoms with E-state index in [4.69, 9.17) is 4.74 Å². The standard InChI is InChI=1S/C23H23N3O4S2/c1-4-14-26(15-5-2)32(28,29)20-12-8-18(9-13-20)22(27)25-23-24-21(16-31-23)17-6-10-19(30-3)11-7-17/h4-13,16H,1-2,14-15H2,3H3,(H,24,25,27). The van der Waals surface area contributed by atoms with Crippen LogP contribution in [-0.4, -0.2) is 43.8 Å². The highest BCUT2D eigenvalue weighted by molar-refractivity contribution is 7.89. The Hall–Kier alpha value is -3.27. The van der Waals surface area contributed by atoms with Crippen molar-refractivity contribution < 1.29 is 17.9 Å². The van der Waals surface area contributed by atoms with Crippen LogP contribution in [-0.2, 0) is 10.0 Å². The van der Waals surface area contributed by atoms with Crippen LogP contribution in [0, 0.1) is 0 Å². The highest BCUT2D eigenvalue weighted by atomic mass is 32.2. The largest absolute Gasteiger partial charge is 0.497 e. The second-order valence-corrected chi connectivity index (χ2v) is 9.44. The maximum atomic E-state index is 12.8. The molecule has 0 atom stereocenters. The van der Waals surface area contributed by atoms with E-state index >= 15 is 0 Å². The summed E-state index contributed by atoms with van der Waals surface area (Å²) in [6.07, 6.45) is 3.02. The van der Waals surface area contributed by atoms with Crippen LogP contribution in [0.4, 0.5) is 5.13 Å². The molecule has 0 radical (unpaired) electrons. The van der Waals surface area contributed by atoms with Crippen molar-refractivity contribution >= 4 is 32.4 Å². The van der Waals surface area contributed by atoms with Crippen molar-refractivity contribution in [3.8, 4) is 17.0 Å². The topological polar surface area (TPSA) is 88.6 Å². The van der Waals surface area contributed by atoms with Gasteiger partial charge in [-0.15, -0.1) is 24.5 Å². The summed E-state index contributed by atoms with van der Waals surface area (Å²) in [6, 6.07) is 13.2. The molecule has 9 heteroatoms. The van der Waals surface area contributed by atoms with Gasteiger partial charge in [-0.2, -0.15) is 4.31 Å². The predicted octanol–water partition coefficient (Wildman–Crippen LogP) is 4.43. The minimum atomic E-state index is -3.72. The maximum absolute atomic E-state index is 12.8. The lowest BCUT2D eigenvalue weighted by Gasteiger charge is -2.19. The molecule has 0 saturated carbocycles. The molecule has 0 bridgehead atoms. The Balaban J connectivity index is 1.71. The smallest absolute Gasteiger partial charge is 0.257 e. The van der Waals surface area contributed by atoms with Crippen LogP contribution in [0.5, 0.6) is 5.75 Å². The fourth-order valence-corrected chi connectivity index (χ4v) is 4.98. The molecule has 0 fully saturated rings. The van der Waals surface area contributed by atoms with Crippen LogP contribution in [0.15, 0.2) is 84.1 Å². The fourth-order valence-electron chi connectivity index (χ4n) is 2.88. The van der Waals surface area contributed by atoms with Gasteiger partial charge in [-0.05, 0) is 48.5 Å². The molecular formula is C23H23N3O4S2. The monoisotopic (exact) mass is 469 g/mol. The van der Waals surface area contributed by atoms with Gasteiger partial charge in [-0.25, -0.2) is 13.4 Å². The first kappa shape index (κ1) is 23.4. The highest BCUT2D eigenvalue weighted by Crippen LogP contribution is 2.27. The molecule has 2 aromatic carbocycles. The van der Waals surface area contributed by atoms with E-state index in [0.29, 0.717) is 10.7 Å². The third-order valence-electron chi connectivity index (χ3n) is 4.53. The molecule has 1 N–H and O–H groups in total. The molecule has 1 heterocycles. The van der Waals surface area contributed by atoms with Crippen LogP contribution >= 0.6 is 11.3 Å². The average molecular weight is 470 g/mol. The van der Waals surface area contributed by atoms with Gasteiger partial charge in [0.25, 0.3) is 5.91 Å². The van der Waals surface area contributed by atoms with Gasteiger partial charge < -0.3 is 4.74 Å². The lowest BCUT2D eigenvalue weighted by atomic mass is 10.2. The summed E-state index contributed by atoms with van der Waals surface area (Å²) in [6.45, 7) is 7.51. The number of rotatable bonds is 10. The predicted molar refractivity (Wildman–Crippen MR) is 128 cm³/mol. The van der Waals surface area contributed by atoms with Crippen LogP contribution in [0.3, 0.4) is 0 Å². The molecule has 0 aliphatic rings. The van der Waals surface area contributed by atoms with Gasteiger partial charge in [0.05, 0.1) is 17.7 Å². The minimum absolute atomic E-state index is 0.0915. The number of nitrogens with zero attached hydrogens (tertiary/aromatic N) is 2. The molecule has 3 rings (SSSR count). The summed E-state index contributed by atoms with van der Waals surface area (Å²) >= 11 is 1.30. The number of hydrogen-bond donors (Lipinski definition) is 1. The van der Waals surface area contributed by atoms with E-state index in [1.165, 1.54) is 52.1 Å². The first-order valence-electron chi connectivity index (χ1n) is 9.62. The second-order valence-electron chi connectivity index (χ2n) is 6.64. The Kier molecular flexibility index (Phi) is 7.57. The number of sulfonamides is 1. The van der Waals surface area contributed by atoms with Gasteiger partial charge in [-0.3, -0.25) is 10.1 Å². The van der Waals surface area contributed by atoms with Crippen molar-refractivity contribution in [1.82, 2.24) is 9.29 Å². The van der Waals surface area contributed by atoms with E-state index in [0.717, 1.165) is 17.0 Å². The third kappa shape index (κ3) is 5.31. The van der Waals surface area contributed by atoms with Crippen molar-refractivity contribution in [1.29, 1.82) is 0 Å². The number of methoxy groups -OCH3 is 1. The number of thiazole rings is 1. The number of ether oxygens (including phenoxy) is 1. The normalized spacial score (nSPS) is 11.2. The van der Waals surface area contributed by atoms with Gasteiger partial charge in [0, 0.05) is 29.6 Å². The Bertz CT molecular complexity index is 1190. The molecule has 0 unspecified atom stereocenters. The van der Waals surface area contributed by atoms with Gasteiger partial charge in [-0.1, -0.05) is 12.2 Å². The lowest BCUT2D eigenvalue weighted by Crippen LogP contribution is -2.31. The van der Waals surface area contributed by atoms with Crippen molar-refractivity contribution in [3.05, 3.63) is 84.8 Å². The summed E-state index contributed by atoms with van der Waals surface area (Å²) < 4.78 is 32.0. The Morgan fingerprint density at radius 1 is 1.09 bits per heavy atom. The maximum Gasteiger partial charge on any atom is 0.257 e. The molecule has 32 heavy (non-hydrogen) atoms. The van der Waals surface area contributed by atoms with E-state index in [1.54, 1.807) is 7.11 Å². The molecule has 1 aromatic heterocycles. The summed E-state index contributed by atoms with van der Waals surface area (Å²) in [5.74, 6) is 0.374. The van der Waals surface area contributed by atoms with Crippen molar-refractivity contribution in [3.63, 3.8) is 0 Å². The number of anilines is 1. The summed E-state index contributed by atoms with van der Waals surface area (Å²) in [5.41, 5.74) is 1.96. The fraction of sp³-hybridized carbons (Fsp3) is 0.130. The Labute approximate surface area is 191 Å². The zero-order valence-corrected chi connectivity index (χ0v) is 19.2. The number of aromatic nitrogens is 1. The van der Waals surface area contributed by atoms with Gasteiger partial charge in [0.1, 0.15) is 5.75 Å². The Morgan fingerprint density at radius 2 is 1.72 bits per heavy atom. The molecule has 0 spiro atoms. The van der Waals surface area contributed by atoms with E-state index < -0.39 is 10.0 Å². The van der Waals surface area contributed by atoms with Crippen LogP contribution < -0.4 is 10.1 Å². The molecule has 0 aliphatic heterocycles. The molecule has 166 valence electrons. The molecule has 1 amide bonds. The van der Waals surface area contributed by atoms with Crippen LogP contribution in [0.25, 0.3) is 11.3 Å². The number of carbonyl (C=O) groups is 1. The zero-order valence-electron chi connectivity index (χ0n) is 17.5. The zero-order chi connectivity index (χ0) is 23.1. The number of nitrogens with one attached hydrogen (secondary N) is 1. The number of carbonyl (C=O) groups excluding carboxylic acids is 1. The lowest BCUT2D eigenvalue weighted by molar-refractivity contribution is 0.102. The van der Waals surface area contributed by atoms with Crippen LogP contribution in [0.1, 0.15) is 10.4 Å². The number of benzene rings is 2. The highest BCUT2D eigenvalue weighted by Gasteiger charge is 2.22. The van der Waals surface area contributed by atoms with E-state index in [2.05, 4.69) is 23.5 Å².